The number of ether oxygens (including phenoxy) is 1. The van der Waals surface area contributed by atoms with Gasteiger partial charge in [0, 0.05) is 11.4 Å². The van der Waals surface area contributed by atoms with E-state index in [1.165, 1.54) is 0 Å². The minimum atomic E-state index is -0.255. The summed E-state index contributed by atoms with van der Waals surface area (Å²) in [6, 6.07) is 9.78. The molecule has 0 aliphatic carbocycles. The largest absolute Gasteiger partial charge is 0.497 e. The normalized spacial score (nSPS) is 11.1. The van der Waals surface area contributed by atoms with Crippen LogP contribution in [0.2, 0.25) is 0 Å². The molecule has 154 valence electrons. The zero-order valence-corrected chi connectivity index (χ0v) is 17.7. The molecule has 0 radical (unpaired) electrons. The van der Waals surface area contributed by atoms with E-state index in [0.717, 1.165) is 34.1 Å². The van der Waals surface area contributed by atoms with Crippen molar-refractivity contribution in [2.24, 2.45) is 0 Å². The Hall–Kier alpha value is -3.68. The van der Waals surface area contributed by atoms with Gasteiger partial charge in [0.05, 0.1) is 36.9 Å². The molecule has 3 aromatic heterocycles. The number of methoxy groups -OCH3 is 1. The fourth-order valence-electron chi connectivity index (χ4n) is 3.59. The van der Waals surface area contributed by atoms with Crippen LogP contribution in [0.3, 0.4) is 0 Å². The van der Waals surface area contributed by atoms with E-state index in [1.807, 2.05) is 62.7 Å². The summed E-state index contributed by atoms with van der Waals surface area (Å²) in [5, 5.41) is 11.9. The van der Waals surface area contributed by atoms with Crippen LogP contribution in [-0.4, -0.2) is 37.4 Å². The molecule has 0 spiro atoms. The smallest absolute Gasteiger partial charge is 0.261 e. The van der Waals surface area contributed by atoms with Gasteiger partial charge in [-0.25, -0.2) is 9.50 Å². The highest BCUT2D eigenvalue weighted by Crippen LogP contribution is 2.23. The Labute approximate surface area is 174 Å². The lowest BCUT2D eigenvalue weighted by Gasteiger charge is -2.08. The fraction of sp³-hybridized carbons (Fsp3) is 0.273. The van der Waals surface area contributed by atoms with Crippen LogP contribution < -0.4 is 10.1 Å². The Morgan fingerprint density at radius 1 is 1.17 bits per heavy atom. The summed E-state index contributed by atoms with van der Waals surface area (Å²) in [5.41, 5.74) is 6.14. The standard InChI is InChI=1S/C22H24N6O2/c1-13-9-14(2)28-21(24-13)19(11-23-28)22(29)25-20-15(3)26-27(16(20)4)12-17-7-6-8-18(10-17)30-5/h6-11H,12H2,1-5H3,(H,25,29). The number of nitrogens with one attached hydrogen (secondary N) is 1. The summed E-state index contributed by atoms with van der Waals surface area (Å²) in [4.78, 5) is 17.5. The number of hydrogen-bond donors (Lipinski definition) is 1. The molecule has 1 amide bonds. The average Bonchev–Trinajstić information content (AvgIpc) is 3.25. The fourth-order valence-corrected chi connectivity index (χ4v) is 3.59. The molecule has 1 aromatic carbocycles. The molecule has 0 aliphatic rings. The van der Waals surface area contributed by atoms with Crippen molar-refractivity contribution >= 4 is 17.2 Å². The van der Waals surface area contributed by atoms with Crippen molar-refractivity contribution in [3.05, 3.63) is 70.4 Å². The molecule has 0 unspecified atom stereocenters. The summed E-state index contributed by atoms with van der Waals surface area (Å²) >= 11 is 0. The van der Waals surface area contributed by atoms with Crippen molar-refractivity contribution < 1.29 is 9.53 Å². The highest BCUT2D eigenvalue weighted by atomic mass is 16.5. The van der Waals surface area contributed by atoms with Crippen LogP contribution in [0, 0.1) is 27.7 Å². The maximum Gasteiger partial charge on any atom is 0.261 e. The van der Waals surface area contributed by atoms with Gasteiger partial charge in [0.25, 0.3) is 5.91 Å². The third-order valence-corrected chi connectivity index (χ3v) is 5.11. The van der Waals surface area contributed by atoms with Gasteiger partial charge in [0.1, 0.15) is 11.3 Å². The van der Waals surface area contributed by atoms with E-state index in [2.05, 4.69) is 20.5 Å². The molecule has 3 heterocycles. The van der Waals surface area contributed by atoms with Gasteiger partial charge in [-0.3, -0.25) is 9.48 Å². The summed E-state index contributed by atoms with van der Waals surface area (Å²) < 4.78 is 8.85. The topological polar surface area (TPSA) is 86.3 Å². The quantitative estimate of drug-likeness (QED) is 0.550. The van der Waals surface area contributed by atoms with Crippen LogP contribution in [0.4, 0.5) is 5.69 Å². The first-order chi connectivity index (χ1) is 14.4. The molecule has 0 fully saturated rings. The molecule has 0 bridgehead atoms. The van der Waals surface area contributed by atoms with Gasteiger partial charge in [0.2, 0.25) is 0 Å². The number of nitrogens with zero attached hydrogens (tertiary/aromatic N) is 5. The van der Waals surface area contributed by atoms with Crippen molar-refractivity contribution in [3.63, 3.8) is 0 Å². The minimum Gasteiger partial charge on any atom is -0.497 e. The van der Waals surface area contributed by atoms with Gasteiger partial charge in [-0.05, 0) is 51.5 Å². The third-order valence-electron chi connectivity index (χ3n) is 5.11. The second kappa shape index (κ2) is 7.62. The SMILES string of the molecule is COc1cccc(Cn2nc(C)c(NC(=O)c3cnn4c(C)cc(C)nc34)c2C)c1. The molecule has 1 N–H and O–H groups in total. The van der Waals surface area contributed by atoms with E-state index in [0.29, 0.717) is 23.4 Å². The predicted octanol–water partition coefficient (Wildman–Crippen LogP) is 3.47. The van der Waals surface area contributed by atoms with E-state index in [4.69, 9.17) is 4.74 Å². The molecule has 0 saturated carbocycles. The monoisotopic (exact) mass is 404 g/mol. The molecule has 8 nitrogen and oxygen atoms in total. The highest BCUT2D eigenvalue weighted by molar-refractivity contribution is 6.08. The molecule has 8 heteroatoms. The zero-order chi connectivity index (χ0) is 21.4. The van der Waals surface area contributed by atoms with Gasteiger partial charge in [0.15, 0.2) is 5.65 Å². The third kappa shape index (κ3) is 3.52. The number of hydrogen-bond acceptors (Lipinski definition) is 5. The molecule has 0 aliphatic heterocycles. The molecule has 4 rings (SSSR count). The van der Waals surface area contributed by atoms with E-state index in [-0.39, 0.29) is 5.91 Å². The number of amides is 1. The maximum atomic E-state index is 13.0. The predicted molar refractivity (Wildman–Crippen MR) is 114 cm³/mol. The second-order valence-corrected chi connectivity index (χ2v) is 7.34. The summed E-state index contributed by atoms with van der Waals surface area (Å²) in [6.45, 7) is 8.24. The summed E-state index contributed by atoms with van der Waals surface area (Å²) in [6.07, 6.45) is 1.55. The van der Waals surface area contributed by atoms with Crippen LogP contribution in [-0.2, 0) is 6.54 Å². The molecule has 4 aromatic rings. The van der Waals surface area contributed by atoms with Crippen molar-refractivity contribution in [1.82, 2.24) is 24.4 Å². The lowest BCUT2D eigenvalue weighted by Crippen LogP contribution is -2.14. The van der Waals surface area contributed by atoms with Gasteiger partial charge in [-0.2, -0.15) is 10.2 Å². The number of rotatable bonds is 5. The van der Waals surface area contributed by atoms with Crippen molar-refractivity contribution in [1.29, 1.82) is 0 Å². The Kier molecular flexibility index (Phi) is 4.99. The second-order valence-electron chi connectivity index (χ2n) is 7.34. The van der Waals surface area contributed by atoms with E-state index < -0.39 is 0 Å². The Morgan fingerprint density at radius 2 is 1.97 bits per heavy atom. The lowest BCUT2D eigenvalue weighted by atomic mass is 10.2. The Morgan fingerprint density at radius 3 is 2.73 bits per heavy atom. The lowest BCUT2D eigenvalue weighted by molar-refractivity contribution is 0.102. The molecule has 0 saturated heterocycles. The number of carbonyl (C=O) groups excluding carboxylic acids is 1. The number of carbonyl (C=O) groups is 1. The molecular formula is C22H24N6O2. The first-order valence-electron chi connectivity index (χ1n) is 9.67. The van der Waals surface area contributed by atoms with Crippen LogP contribution in [0.1, 0.15) is 38.7 Å². The van der Waals surface area contributed by atoms with Gasteiger partial charge in [-0.1, -0.05) is 12.1 Å². The number of anilines is 1. The molecular weight excluding hydrogens is 380 g/mol. The summed E-state index contributed by atoms with van der Waals surface area (Å²) in [5.74, 6) is 0.545. The van der Waals surface area contributed by atoms with Crippen LogP contribution >= 0.6 is 0 Å². The first kappa shape index (κ1) is 19.6. The Bertz CT molecular complexity index is 1250. The van der Waals surface area contributed by atoms with Crippen molar-refractivity contribution in [3.8, 4) is 5.75 Å². The highest BCUT2D eigenvalue weighted by Gasteiger charge is 2.19. The first-order valence-corrected chi connectivity index (χ1v) is 9.67. The number of aromatic nitrogens is 5. The Balaban J connectivity index is 1.62. The minimum absolute atomic E-state index is 0.255. The summed E-state index contributed by atoms with van der Waals surface area (Å²) in [7, 11) is 1.65. The van der Waals surface area contributed by atoms with Crippen LogP contribution in [0.15, 0.2) is 36.5 Å². The number of fused-ring (bicyclic) bond motifs is 1. The van der Waals surface area contributed by atoms with Crippen molar-refractivity contribution in [2.45, 2.75) is 34.2 Å². The zero-order valence-electron chi connectivity index (χ0n) is 17.7. The number of aryl methyl sites for hydroxylation is 3. The molecule has 30 heavy (non-hydrogen) atoms. The van der Waals surface area contributed by atoms with Crippen LogP contribution in [0.25, 0.3) is 5.65 Å². The van der Waals surface area contributed by atoms with E-state index in [9.17, 15) is 4.79 Å². The van der Waals surface area contributed by atoms with Crippen molar-refractivity contribution in [2.75, 3.05) is 12.4 Å². The number of benzene rings is 1. The average molecular weight is 404 g/mol. The van der Waals surface area contributed by atoms with E-state index in [1.54, 1.807) is 17.8 Å². The van der Waals surface area contributed by atoms with Crippen LogP contribution in [0.5, 0.6) is 5.75 Å². The van der Waals surface area contributed by atoms with Gasteiger partial charge in [-0.15, -0.1) is 0 Å². The van der Waals surface area contributed by atoms with E-state index >= 15 is 0 Å². The molecule has 0 atom stereocenters. The van der Waals surface area contributed by atoms with Gasteiger partial charge >= 0.3 is 0 Å². The maximum absolute atomic E-state index is 13.0. The van der Waals surface area contributed by atoms with Gasteiger partial charge < -0.3 is 10.1 Å².